The highest BCUT2D eigenvalue weighted by Crippen LogP contribution is 2.38. The highest BCUT2D eigenvalue weighted by atomic mass is 32.1. The summed E-state index contributed by atoms with van der Waals surface area (Å²) in [6, 6.07) is 11.9. The van der Waals surface area contributed by atoms with E-state index >= 15 is 0 Å². The molecule has 2 heterocycles. The molecule has 0 aliphatic heterocycles. The normalized spacial score (nSPS) is 10.8. The number of fused-ring (bicyclic) bond motifs is 1. The monoisotopic (exact) mass is 478 g/mol. The van der Waals surface area contributed by atoms with E-state index in [0.29, 0.717) is 10.8 Å². The van der Waals surface area contributed by atoms with Crippen LogP contribution in [0.25, 0.3) is 10.2 Å². The Kier molecular flexibility index (Phi) is 6.42. The number of carbonyl (C=O) groups excluding carboxylic acids is 1. The molecule has 0 saturated heterocycles. The van der Waals surface area contributed by atoms with Crippen LogP contribution in [0.5, 0.6) is 11.5 Å². The number of carbonyl (C=O) groups is 1. The molecule has 174 valence electrons. The first kappa shape index (κ1) is 23.1. The molecule has 0 N–H and O–H groups in total. The van der Waals surface area contributed by atoms with Crippen LogP contribution in [0.4, 0.5) is 10.8 Å². The maximum atomic E-state index is 13.8. The number of pyridine rings is 1. The predicted molar refractivity (Wildman–Crippen MR) is 130 cm³/mol. The van der Waals surface area contributed by atoms with Gasteiger partial charge in [0.15, 0.2) is 16.6 Å². The van der Waals surface area contributed by atoms with Crippen molar-refractivity contribution >= 4 is 38.3 Å². The van der Waals surface area contributed by atoms with E-state index in [-0.39, 0.29) is 29.3 Å². The van der Waals surface area contributed by atoms with Crippen LogP contribution in [0.1, 0.15) is 27.2 Å². The van der Waals surface area contributed by atoms with Crippen LogP contribution in [0.15, 0.2) is 48.7 Å². The zero-order chi connectivity index (χ0) is 24.4. The molecule has 10 heteroatoms. The zero-order valence-electron chi connectivity index (χ0n) is 19.1. The number of nitrogens with zero attached hydrogens (tertiary/aromatic N) is 4. The maximum absolute atomic E-state index is 13.8. The lowest BCUT2D eigenvalue weighted by Crippen LogP contribution is -2.31. The molecule has 0 aliphatic carbocycles. The van der Waals surface area contributed by atoms with Gasteiger partial charge in [0, 0.05) is 12.3 Å². The van der Waals surface area contributed by atoms with Gasteiger partial charge in [0.1, 0.15) is 5.56 Å². The molecule has 1 amide bonds. The smallest absolute Gasteiger partial charge is 0.286 e. The first-order chi connectivity index (χ1) is 16.3. The van der Waals surface area contributed by atoms with Crippen molar-refractivity contribution in [2.75, 3.05) is 19.1 Å². The number of anilines is 1. The highest BCUT2D eigenvalue weighted by Gasteiger charge is 2.30. The molecule has 34 heavy (non-hydrogen) atoms. The lowest BCUT2D eigenvalue weighted by molar-refractivity contribution is -0.385. The number of thiazole rings is 1. The lowest BCUT2D eigenvalue weighted by atomic mass is 10.1. The van der Waals surface area contributed by atoms with Crippen molar-refractivity contribution in [3.05, 3.63) is 81.2 Å². The minimum absolute atomic E-state index is 0.0863. The third kappa shape index (κ3) is 4.40. The summed E-state index contributed by atoms with van der Waals surface area (Å²) in [5.41, 5.74) is 2.95. The summed E-state index contributed by atoms with van der Waals surface area (Å²) in [4.78, 5) is 35.5. The molecule has 0 saturated carbocycles. The molecule has 2 aromatic carbocycles. The Bertz CT molecular complexity index is 1390. The maximum Gasteiger partial charge on any atom is 0.286 e. The van der Waals surface area contributed by atoms with Crippen LogP contribution in [0.3, 0.4) is 0 Å². The van der Waals surface area contributed by atoms with Crippen molar-refractivity contribution in [1.29, 1.82) is 0 Å². The number of ether oxygens (including phenoxy) is 2. The van der Waals surface area contributed by atoms with Crippen molar-refractivity contribution in [2.24, 2.45) is 0 Å². The summed E-state index contributed by atoms with van der Waals surface area (Å²) in [5.74, 6) is -0.218. The second-order valence-corrected chi connectivity index (χ2v) is 8.63. The molecule has 9 nitrogen and oxygen atoms in total. The van der Waals surface area contributed by atoms with Gasteiger partial charge in [0.2, 0.25) is 0 Å². The Morgan fingerprint density at radius 3 is 2.50 bits per heavy atom. The Labute approximate surface area is 199 Å². The number of amides is 1. The van der Waals surface area contributed by atoms with E-state index < -0.39 is 10.8 Å². The van der Waals surface area contributed by atoms with E-state index in [4.69, 9.17) is 14.5 Å². The minimum atomic E-state index is -0.611. The number of aromatic nitrogens is 2. The molecule has 0 unspecified atom stereocenters. The molecular weight excluding hydrogens is 456 g/mol. The topological polar surface area (TPSA) is 108 Å². The van der Waals surface area contributed by atoms with Crippen LogP contribution in [-0.4, -0.2) is 35.0 Å². The highest BCUT2D eigenvalue weighted by molar-refractivity contribution is 7.22. The molecule has 4 rings (SSSR count). The van der Waals surface area contributed by atoms with Crippen molar-refractivity contribution in [3.63, 3.8) is 0 Å². The van der Waals surface area contributed by atoms with Gasteiger partial charge in [0.05, 0.1) is 47.7 Å². The molecule has 4 aromatic rings. The van der Waals surface area contributed by atoms with Gasteiger partial charge in [-0.2, -0.15) is 0 Å². The first-order valence-corrected chi connectivity index (χ1v) is 11.1. The second kappa shape index (κ2) is 9.44. The average Bonchev–Trinajstić information content (AvgIpc) is 3.25. The van der Waals surface area contributed by atoms with Crippen LogP contribution in [0, 0.1) is 24.0 Å². The number of nitro benzene ring substituents is 1. The third-order valence-electron chi connectivity index (χ3n) is 5.27. The summed E-state index contributed by atoms with van der Waals surface area (Å²) in [5, 5.41) is 12.3. The van der Waals surface area contributed by atoms with Gasteiger partial charge in [-0.3, -0.25) is 24.8 Å². The van der Waals surface area contributed by atoms with Gasteiger partial charge in [-0.05, 0) is 43.2 Å². The van der Waals surface area contributed by atoms with Crippen LogP contribution in [-0.2, 0) is 6.54 Å². The third-order valence-corrected chi connectivity index (χ3v) is 6.30. The SMILES string of the molecule is COc1cc(C(=O)N(Cc2ccccn2)c2nc3c(C)cc(C)cc3s2)c([N+](=O)[O-])cc1OC. The number of hydrogen-bond donors (Lipinski definition) is 0. The van der Waals surface area contributed by atoms with Gasteiger partial charge in [-0.15, -0.1) is 0 Å². The lowest BCUT2D eigenvalue weighted by Gasteiger charge is -2.20. The number of aryl methyl sites for hydroxylation is 2. The molecule has 0 bridgehead atoms. The fourth-order valence-electron chi connectivity index (χ4n) is 3.69. The van der Waals surface area contributed by atoms with E-state index in [1.54, 1.807) is 18.3 Å². The number of benzene rings is 2. The molecule has 2 aromatic heterocycles. The van der Waals surface area contributed by atoms with Gasteiger partial charge in [-0.1, -0.05) is 23.5 Å². The Balaban J connectivity index is 1.88. The largest absolute Gasteiger partial charge is 0.493 e. The summed E-state index contributed by atoms with van der Waals surface area (Å²) in [6.07, 6.45) is 1.63. The number of rotatable bonds is 7. The number of nitro groups is 1. The summed E-state index contributed by atoms with van der Waals surface area (Å²) >= 11 is 1.35. The van der Waals surface area contributed by atoms with Gasteiger partial charge >= 0.3 is 0 Å². The fourth-order valence-corrected chi connectivity index (χ4v) is 4.83. The Morgan fingerprint density at radius 2 is 1.85 bits per heavy atom. The van der Waals surface area contributed by atoms with E-state index in [1.807, 2.05) is 32.0 Å². The second-order valence-electron chi connectivity index (χ2n) is 7.62. The van der Waals surface area contributed by atoms with Crippen molar-refractivity contribution in [2.45, 2.75) is 20.4 Å². The van der Waals surface area contributed by atoms with E-state index in [1.165, 1.54) is 42.6 Å². The summed E-state index contributed by atoms with van der Waals surface area (Å²) in [7, 11) is 2.78. The fraction of sp³-hybridized carbons (Fsp3) is 0.208. The standard InChI is InChI=1S/C24H22N4O5S/c1-14-9-15(2)22-21(10-14)34-24(26-22)27(13-16-7-5-6-8-25-16)23(29)17-11-19(32-3)20(33-4)12-18(17)28(30)31/h5-12H,13H2,1-4H3. The van der Waals surface area contributed by atoms with Crippen LogP contribution >= 0.6 is 11.3 Å². The average molecular weight is 479 g/mol. The van der Waals surface area contributed by atoms with Gasteiger partial charge in [-0.25, -0.2) is 4.98 Å². The van der Waals surface area contributed by atoms with Gasteiger partial charge in [0.25, 0.3) is 11.6 Å². The van der Waals surface area contributed by atoms with Gasteiger partial charge < -0.3 is 9.47 Å². The minimum Gasteiger partial charge on any atom is -0.493 e. The van der Waals surface area contributed by atoms with Crippen LogP contribution < -0.4 is 14.4 Å². The molecule has 0 atom stereocenters. The van der Waals surface area contributed by atoms with Crippen LogP contribution in [0.2, 0.25) is 0 Å². The van der Waals surface area contributed by atoms with Crippen molar-refractivity contribution in [1.82, 2.24) is 9.97 Å². The van der Waals surface area contributed by atoms with E-state index in [0.717, 1.165) is 21.3 Å². The van der Waals surface area contributed by atoms with E-state index in [9.17, 15) is 14.9 Å². The molecule has 0 spiro atoms. The number of hydrogen-bond acceptors (Lipinski definition) is 8. The molecular formula is C24H22N4O5S. The summed E-state index contributed by atoms with van der Waals surface area (Å²) < 4.78 is 11.4. The number of methoxy groups -OCH3 is 2. The first-order valence-electron chi connectivity index (χ1n) is 10.3. The Morgan fingerprint density at radius 1 is 1.12 bits per heavy atom. The predicted octanol–water partition coefficient (Wildman–Crippen LogP) is 5.08. The van der Waals surface area contributed by atoms with Crippen molar-refractivity contribution in [3.8, 4) is 11.5 Å². The summed E-state index contributed by atoms with van der Waals surface area (Å²) in [6.45, 7) is 4.04. The van der Waals surface area contributed by atoms with E-state index in [2.05, 4.69) is 4.98 Å². The zero-order valence-corrected chi connectivity index (χ0v) is 19.9. The Hall–Kier alpha value is -4.05. The van der Waals surface area contributed by atoms with Crippen molar-refractivity contribution < 1.29 is 19.2 Å². The quantitative estimate of drug-likeness (QED) is 0.269. The molecule has 0 aliphatic rings. The molecule has 0 radical (unpaired) electrons. The molecule has 0 fully saturated rings.